The molecule has 4 N–H and O–H groups in total. The Morgan fingerprint density at radius 1 is 1.18 bits per heavy atom. The molecule has 0 aliphatic carbocycles. The van der Waals surface area contributed by atoms with Gasteiger partial charge in [0.25, 0.3) is 5.91 Å². The van der Waals surface area contributed by atoms with Gasteiger partial charge in [-0.25, -0.2) is 13.4 Å². The van der Waals surface area contributed by atoms with Crippen LogP contribution in [0, 0.1) is 0 Å². The summed E-state index contributed by atoms with van der Waals surface area (Å²) in [5.41, 5.74) is 9.25. The van der Waals surface area contributed by atoms with Crippen molar-refractivity contribution in [2.24, 2.45) is 0 Å². The zero-order valence-electron chi connectivity index (χ0n) is 18.3. The van der Waals surface area contributed by atoms with Gasteiger partial charge in [0.05, 0.1) is 18.1 Å². The molecular formula is C21H23N9O3S. The van der Waals surface area contributed by atoms with Crippen LogP contribution in [-0.2, 0) is 9.84 Å². The molecule has 0 saturated carbocycles. The average molecular weight is 482 g/mol. The maximum atomic E-state index is 13.1. The molecule has 0 aromatic carbocycles. The van der Waals surface area contributed by atoms with Crippen molar-refractivity contribution in [2.75, 3.05) is 12.0 Å². The third-order valence-corrected chi connectivity index (χ3v) is 8.09. The maximum Gasteiger partial charge on any atom is 0.272 e. The number of anilines is 1. The molecule has 2 aliphatic rings. The summed E-state index contributed by atoms with van der Waals surface area (Å²) in [5.74, 6) is -0.194. The summed E-state index contributed by atoms with van der Waals surface area (Å²) in [6.45, 7) is 0. The van der Waals surface area contributed by atoms with Crippen molar-refractivity contribution < 1.29 is 13.2 Å². The van der Waals surface area contributed by atoms with Gasteiger partial charge in [-0.2, -0.15) is 19.8 Å². The Kier molecular flexibility index (Phi) is 4.52. The number of carbonyl (C=O) groups is 1. The van der Waals surface area contributed by atoms with Crippen molar-refractivity contribution in [3.63, 3.8) is 0 Å². The summed E-state index contributed by atoms with van der Waals surface area (Å²) in [5, 5.41) is 17.7. The number of aromatic amines is 2. The van der Waals surface area contributed by atoms with Crippen LogP contribution in [0.25, 0.3) is 16.8 Å². The van der Waals surface area contributed by atoms with Crippen LogP contribution < -0.4 is 5.73 Å². The van der Waals surface area contributed by atoms with Gasteiger partial charge in [-0.05, 0) is 31.7 Å². The second-order valence-electron chi connectivity index (χ2n) is 9.00. The van der Waals surface area contributed by atoms with Crippen LogP contribution in [0.4, 0.5) is 5.82 Å². The molecular weight excluding hydrogens is 458 g/mol. The van der Waals surface area contributed by atoms with Crippen LogP contribution in [0.15, 0.2) is 35.7 Å². The van der Waals surface area contributed by atoms with E-state index in [1.165, 1.54) is 4.52 Å². The summed E-state index contributed by atoms with van der Waals surface area (Å²) in [7, 11) is -3.69. The smallest absolute Gasteiger partial charge is 0.272 e. The third kappa shape index (κ3) is 3.10. The van der Waals surface area contributed by atoms with E-state index in [0.29, 0.717) is 35.4 Å². The molecule has 2 saturated heterocycles. The van der Waals surface area contributed by atoms with Crippen molar-refractivity contribution in [3.05, 3.63) is 42.2 Å². The molecule has 4 aromatic heterocycles. The van der Waals surface area contributed by atoms with E-state index in [1.54, 1.807) is 30.9 Å². The number of sulfone groups is 1. The molecule has 12 nitrogen and oxygen atoms in total. The van der Waals surface area contributed by atoms with Crippen molar-refractivity contribution in [1.82, 2.24) is 39.9 Å². The fourth-order valence-electron chi connectivity index (χ4n) is 5.52. The van der Waals surface area contributed by atoms with Crippen LogP contribution in [0.5, 0.6) is 0 Å². The number of piperidine rings is 1. The summed E-state index contributed by atoms with van der Waals surface area (Å²) in [6.07, 6.45) is 10.6. The first kappa shape index (κ1) is 20.8. The highest BCUT2D eigenvalue weighted by atomic mass is 32.2. The topological polar surface area (TPSA) is 168 Å². The number of carbonyl (C=O) groups excluding carboxylic acids is 1. The highest BCUT2D eigenvalue weighted by Gasteiger charge is 2.45. The number of rotatable bonds is 4. The monoisotopic (exact) mass is 481 g/mol. The molecule has 2 bridgehead atoms. The van der Waals surface area contributed by atoms with Gasteiger partial charge in [0.1, 0.15) is 16.4 Å². The fourth-order valence-corrected chi connectivity index (χ4v) is 6.58. The second-order valence-corrected chi connectivity index (χ2v) is 11.0. The molecule has 34 heavy (non-hydrogen) atoms. The van der Waals surface area contributed by atoms with Gasteiger partial charge in [0, 0.05) is 47.8 Å². The molecule has 4 aromatic rings. The Balaban J connectivity index is 1.45. The molecule has 2 fully saturated rings. The van der Waals surface area contributed by atoms with Crippen LogP contribution in [0.1, 0.15) is 47.8 Å². The molecule has 13 heteroatoms. The Hall–Kier alpha value is -3.74. The first-order valence-corrected chi connectivity index (χ1v) is 12.9. The largest absolute Gasteiger partial charge is 0.382 e. The Morgan fingerprint density at radius 3 is 2.56 bits per heavy atom. The lowest BCUT2D eigenvalue weighted by atomic mass is 9.87. The van der Waals surface area contributed by atoms with Crippen LogP contribution in [0.2, 0.25) is 0 Å². The highest BCUT2D eigenvalue weighted by Crippen LogP contribution is 2.45. The zero-order chi connectivity index (χ0) is 23.6. The molecule has 3 atom stereocenters. The Morgan fingerprint density at radius 2 is 1.94 bits per heavy atom. The van der Waals surface area contributed by atoms with Crippen molar-refractivity contribution in [3.8, 4) is 11.1 Å². The summed E-state index contributed by atoms with van der Waals surface area (Å²) < 4.78 is 27.1. The van der Waals surface area contributed by atoms with Crippen LogP contribution in [-0.4, -0.2) is 72.6 Å². The predicted molar refractivity (Wildman–Crippen MR) is 122 cm³/mol. The maximum absolute atomic E-state index is 13.1. The Bertz CT molecular complexity index is 1480. The quantitative estimate of drug-likeness (QED) is 0.393. The van der Waals surface area contributed by atoms with E-state index in [9.17, 15) is 13.2 Å². The van der Waals surface area contributed by atoms with Crippen molar-refractivity contribution in [2.45, 2.75) is 48.6 Å². The van der Waals surface area contributed by atoms with E-state index in [0.717, 1.165) is 24.7 Å². The number of nitrogens with two attached hydrogens (primary N) is 1. The van der Waals surface area contributed by atoms with E-state index in [1.807, 2.05) is 4.90 Å². The molecule has 6 rings (SSSR count). The molecule has 2 aliphatic heterocycles. The van der Waals surface area contributed by atoms with E-state index >= 15 is 0 Å². The lowest BCUT2D eigenvalue weighted by Gasteiger charge is -2.39. The normalized spacial score (nSPS) is 22.5. The zero-order valence-corrected chi connectivity index (χ0v) is 19.2. The first-order valence-electron chi connectivity index (χ1n) is 11.0. The number of nitrogens with zero attached hydrogens (tertiary/aromatic N) is 6. The van der Waals surface area contributed by atoms with E-state index in [2.05, 4.69) is 25.5 Å². The van der Waals surface area contributed by atoms with Gasteiger partial charge in [0.2, 0.25) is 0 Å². The predicted octanol–water partition coefficient (Wildman–Crippen LogP) is 1.38. The minimum absolute atomic E-state index is 0.00975. The number of hydrogen-bond donors (Lipinski definition) is 3. The first-order chi connectivity index (χ1) is 16.3. The standard InChI is InChI=1S/C21H23N9O3S/c1-34(32,33)18-17(27-20-15(12-8-24-25-9-12)10-26-30(20)19(18)22)11-6-13-2-3-14(7-11)29(13)21(31)16-4-5-23-28-16/h4-5,8-11,13-14H,2-3,6-7,22H2,1H3,(H,23,28)(H,24,25)/t11?,13-,14?/m1/s1. The SMILES string of the molecule is CS(=O)(=O)c1c(C2CC3CC[C@H](C2)N3C(=O)c2ccn[nH]2)nc2c(-c3cn[nH]c3)cnn2c1N. The van der Waals surface area contributed by atoms with Crippen LogP contribution in [0.3, 0.4) is 0 Å². The summed E-state index contributed by atoms with van der Waals surface area (Å²) in [4.78, 5) is 19.8. The highest BCUT2D eigenvalue weighted by molar-refractivity contribution is 7.91. The number of nitrogen functional groups attached to an aromatic ring is 1. The molecule has 0 spiro atoms. The molecule has 0 radical (unpaired) electrons. The number of nitrogens with one attached hydrogen (secondary N) is 2. The number of fused-ring (bicyclic) bond motifs is 3. The van der Waals surface area contributed by atoms with Crippen molar-refractivity contribution in [1.29, 1.82) is 0 Å². The number of hydrogen-bond acceptors (Lipinski definition) is 8. The van der Waals surface area contributed by atoms with Gasteiger partial charge >= 0.3 is 0 Å². The van der Waals surface area contributed by atoms with Gasteiger partial charge < -0.3 is 10.6 Å². The second kappa shape index (κ2) is 7.38. The molecule has 2 unspecified atom stereocenters. The molecule has 1 amide bonds. The van der Waals surface area contributed by atoms with Gasteiger partial charge in [0.15, 0.2) is 15.5 Å². The van der Waals surface area contributed by atoms with Crippen molar-refractivity contribution >= 4 is 27.2 Å². The lowest BCUT2D eigenvalue weighted by molar-refractivity contribution is 0.0562. The fraction of sp³-hybridized carbons (Fsp3) is 0.381. The van der Waals surface area contributed by atoms with E-state index in [-0.39, 0.29) is 34.6 Å². The molecule has 176 valence electrons. The summed E-state index contributed by atoms with van der Waals surface area (Å²) in [6, 6.07) is 1.65. The van der Waals surface area contributed by atoms with Gasteiger partial charge in [-0.3, -0.25) is 15.0 Å². The average Bonchev–Trinajstić information content (AvgIpc) is 3.58. The Labute approximate surface area is 194 Å². The minimum Gasteiger partial charge on any atom is -0.382 e. The van der Waals surface area contributed by atoms with Gasteiger partial charge in [-0.1, -0.05) is 0 Å². The summed E-state index contributed by atoms with van der Waals surface area (Å²) >= 11 is 0. The third-order valence-electron chi connectivity index (χ3n) is 6.93. The molecule has 6 heterocycles. The lowest BCUT2D eigenvalue weighted by Crippen LogP contribution is -2.46. The van der Waals surface area contributed by atoms with E-state index < -0.39 is 9.84 Å². The van der Waals surface area contributed by atoms with Gasteiger partial charge in [-0.15, -0.1) is 0 Å². The minimum atomic E-state index is -3.69. The number of amides is 1. The number of aromatic nitrogens is 7. The van der Waals surface area contributed by atoms with E-state index in [4.69, 9.17) is 10.7 Å². The number of H-pyrrole nitrogens is 2. The van der Waals surface area contributed by atoms with Crippen LogP contribution >= 0.6 is 0 Å².